The molecule has 1 N–H and O–H groups in total. The standard InChI is InChI=1S/C14H15BrClNO3/c15-11-7-10(3-4-12(11)16)14(20)17-5-1-2-9(8-17)6-13(18)19/h3-4,7,9H,1-2,5-6,8H2,(H,18,19). The van der Waals surface area contributed by atoms with Crippen LogP contribution in [0.5, 0.6) is 0 Å². The van der Waals surface area contributed by atoms with Crippen LogP contribution in [0.15, 0.2) is 22.7 Å². The summed E-state index contributed by atoms with van der Waals surface area (Å²) in [6.07, 6.45) is 1.83. The van der Waals surface area contributed by atoms with Gasteiger partial charge >= 0.3 is 5.97 Å². The van der Waals surface area contributed by atoms with Crippen molar-refractivity contribution in [3.05, 3.63) is 33.3 Å². The summed E-state index contributed by atoms with van der Waals surface area (Å²) in [5, 5.41) is 9.41. The molecule has 1 atom stereocenters. The topological polar surface area (TPSA) is 57.6 Å². The number of amides is 1. The van der Waals surface area contributed by atoms with Gasteiger partial charge < -0.3 is 10.0 Å². The summed E-state index contributed by atoms with van der Waals surface area (Å²) in [5.41, 5.74) is 0.567. The van der Waals surface area contributed by atoms with Crippen molar-refractivity contribution in [3.63, 3.8) is 0 Å². The van der Waals surface area contributed by atoms with E-state index in [2.05, 4.69) is 15.9 Å². The summed E-state index contributed by atoms with van der Waals surface area (Å²) in [4.78, 5) is 24.9. The second-order valence-corrected chi connectivity index (χ2v) is 6.25. The fourth-order valence-corrected chi connectivity index (χ4v) is 2.97. The minimum atomic E-state index is -0.807. The molecule has 1 aliphatic rings. The molecule has 1 amide bonds. The van der Waals surface area contributed by atoms with E-state index in [1.54, 1.807) is 23.1 Å². The van der Waals surface area contributed by atoms with Crippen LogP contribution in [-0.4, -0.2) is 35.0 Å². The summed E-state index contributed by atoms with van der Waals surface area (Å²) in [5.74, 6) is -0.836. The lowest BCUT2D eigenvalue weighted by Gasteiger charge is -2.32. The predicted octanol–water partition coefficient (Wildman–Crippen LogP) is 3.43. The van der Waals surface area contributed by atoms with Gasteiger partial charge in [0, 0.05) is 29.5 Å². The average molecular weight is 361 g/mol. The number of hydrogen-bond acceptors (Lipinski definition) is 2. The van der Waals surface area contributed by atoms with Crippen LogP contribution in [0.3, 0.4) is 0 Å². The molecule has 0 aliphatic carbocycles. The lowest BCUT2D eigenvalue weighted by atomic mass is 9.94. The Bertz CT molecular complexity index is 535. The summed E-state index contributed by atoms with van der Waals surface area (Å²) in [7, 11) is 0. The van der Waals surface area contributed by atoms with Crippen LogP contribution >= 0.6 is 27.5 Å². The Morgan fingerprint density at radius 3 is 2.85 bits per heavy atom. The molecule has 0 spiro atoms. The second-order valence-electron chi connectivity index (χ2n) is 4.99. The number of benzene rings is 1. The summed E-state index contributed by atoms with van der Waals surface area (Å²) in [6, 6.07) is 5.07. The van der Waals surface area contributed by atoms with Crippen molar-refractivity contribution in [2.24, 2.45) is 5.92 Å². The number of carboxylic acid groups (broad SMARTS) is 1. The molecule has 1 aromatic rings. The third-order valence-corrected chi connectivity index (χ3v) is 4.65. The molecule has 0 saturated carbocycles. The van der Waals surface area contributed by atoms with Gasteiger partial charge in [-0.2, -0.15) is 0 Å². The van der Waals surface area contributed by atoms with E-state index < -0.39 is 5.97 Å². The van der Waals surface area contributed by atoms with Crippen LogP contribution in [-0.2, 0) is 4.79 Å². The molecule has 1 heterocycles. The Balaban J connectivity index is 2.08. The number of carbonyl (C=O) groups is 2. The van der Waals surface area contributed by atoms with Crippen LogP contribution < -0.4 is 0 Å². The molecular weight excluding hydrogens is 346 g/mol. The number of halogens is 2. The van der Waals surface area contributed by atoms with Crippen LogP contribution in [0.2, 0.25) is 5.02 Å². The van der Waals surface area contributed by atoms with Gasteiger partial charge in [-0.1, -0.05) is 11.6 Å². The summed E-state index contributed by atoms with van der Waals surface area (Å²) >= 11 is 9.22. The number of nitrogens with zero attached hydrogens (tertiary/aromatic N) is 1. The third-order valence-electron chi connectivity index (χ3n) is 3.44. The van der Waals surface area contributed by atoms with Gasteiger partial charge in [0.2, 0.25) is 0 Å². The highest BCUT2D eigenvalue weighted by molar-refractivity contribution is 9.10. The van der Waals surface area contributed by atoms with Gasteiger partial charge in [-0.25, -0.2) is 0 Å². The van der Waals surface area contributed by atoms with Gasteiger partial charge in [0.15, 0.2) is 0 Å². The first-order valence-electron chi connectivity index (χ1n) is 6.43. The fourth-order valence-electron chi connectivity index (χ4n) is 2.47. The number of piperidine rings is 1. The highest BCUT2D eigenvalue weighted by Gasteiger charge is 2.26. The lowest BCUT2D eigenvalue weighted by Crippen LogP contribution is -2.40. The van der Waals surface area contributed by atoms with Gasteiger partial charge in [0.05, 0.1) is 5.02 Å². The molecule has 0 radical (unpaired) electrons. The van der Waals surface area contributed by atoms with E-state index in [0.717, 1.165) is 12.8 Å². The molecule has 1 aromatic carbocycles. The first-order chi connectivity index (χ1) is 9.47. The largest absolute Gasteiger partial charge is 0.481 e. The van der Waals surface area contributed by atoms with E-state index in [9.17, 15) is 9.59 Å². The predicted molar refractivity (Wildman–Crippen MR) is 80.0 cm³/mol. The van der Waals surface area contributed by atoms with Crippen LogP contribution in [0, 0.1) is 5.92 Å². The Hall–Kier alpha value is -1.07. The zero-order valence-electron chi connectivity index (χ0n) is 10.8. The van der Waals surface area contributed by atoms with Gasteiger partial charge in [-0.3, -0.25) is 9.59 Å². The molecular formula is C14H15BrClNO3. The van der Waals surface area contributed by atoms with Crippen molar-refractivity contribution >= 4 is 39.4 Å². The highest BCUT2D eigenvalue weighted by atomic mass is 79.9. The first kappa shape index (κ1) is 15.3. The molecule has 4 nitrogen and oxygen atoms in total. The Morgan fingerprint density at radius 1 is 1.45 bits per heavy atom. The number of hydrogen-bond donors (Lipinski definition) is 1. The average Bonchev–Trinajstić information content (AvgIpc) is 2.40. The number of carbonyl (C=O) groups excluding carboxylic acids is 1. The third kappa shape index (κ3) is 3.73. The molecule has 1 fully saturated rings. The van der Waals surface area contributed by atoms with Crippen molar-refractivity contribution in [2.45, 2.75) is 19.3 Å². The van der Waals surface area contributed by atoms with Crippen molar-refractivity contribution in [3.8, 4) is 0 Å². The summed E-state index contributed by atoms with van der Waals surface area (Å²) < 4.78 is 0.684. The molecule has 0 aromatic heterocycles. The number of likely N-dealkylation sites (tertiary alicyclic amines) is 1. The number of rotatable bonds is 3. The molecule has 0 bridgehead atoms. The van der Waals surface area contributed by atoms with Gasteiger partial charge in [-0.15, -0.1) is 0 Å². The Labute approximate surface area is 130 Å². The molecule has 108 valence electrons. The van der Waals surface area contributed by atoms with Crippen molar-refractivity contribution in [1.82, 2.24) is 4.90 Å². The number of carboxylic acids is 1. The van der Waals surface area contributed by atoms with E-state index in [-0.39, 0.29) is 18.2 Å². The normalized spacial score (nSPS) is 18.9. The van der Waals surface area contributed by atoms with E-state index in [1.807, 2.05) is 0 Å². The maximum Gasteiger partial charge on any atom is 0.303 e. The van der Waals surface area contributed by atoms with Crippen molar-refractivity contribution < 1.29 is 14.7 Å². The molecule has 2 rings (SSSR count). The maximum atomic E-state index is 12.4. The molecule has 1 unspecified atom stereocenters. The van der Waals surface area contributed by atoms with Gasteiger partial charge in [-0.05, 0) is 52.9 Å². The first-order valence-corrected chi connectivity index (χ1v) is 7.60. The quantitative estimate of drug-likeness (QED) is 0.898. The van der Waals surface area contributed by atoms with E-state index in [4.69, 9.17) is 16.7 Å². The monoisotopic (exact) mass is 359 g/mol. The van der Waals surface area contributed by atoms with Gasteiger partial charge in [0.25, 0.3) is 5.91 Å². The summed E-state index contributed by atoms with van der Waals surface area (Å²) in [6.45, 7) is 1.18. The smallest absolute Gasteiger partial charge is 0.303 e. The zero-order chi connectivity index (χ0) is 14.7. The van der Waals surface area contributed by atoms with Crippen LogP contribution in [0.4, 0.5) is 0 Å². The minimum absolute atomic E-state index is 0.0425. The van der Waals surface area contributed by atoms with E-state index in [0.29, 0.717) is 28.1 Å². The minimum Gasteiger partial charge on any atom is -0.481 e. The molecule has 1 saturated heterocycles. The number of aliphatic carboxylic acids is 1. The molecule has 20 heavy (non-hydrogen) atoms. The highest BCUT2D eigenvalue weighted by Crippen LogP contribution is 2.26. The van der Waals surface area contributed by atoms with Gasteiger partial charge in [0.1, 0.15) is 0 Å². The zero-order valence-corrected chi connectivity index (χ0v) is 13.2. The lowest BCUT2D eigenvalue weighted by molar-refractivity contribution is -0.138. The van der Waals surface area contributed by atoms with E-state index >= 15 is 0 Å². The SMILES string of the molecule is O=C(O)CC1CCCN(C(=O)c2ccc(Cl)c(Br)c2)C1. The molecule has 1 aliphatic heterocycles. The maximum absolute atomic E-state index is 12.4. The van der Waals surface area contributed by atoms with E-state index in [1.165, 1.54) is 0 Å². The van der Waals surface area contributed by atoms with Crippen LogP contribution in [0.25, 0.3) is 0 Å². The van der Waals surface area contributed by atoms with Crippen molar-refractivity contribution in [1.29, 1.82) is 0 Å². The van der Waals surface area contributed by atoms with Crippen molar-refractivity contribution in [2.75, 3.05) is 13.1 Å². The molecule has 6 heteroatoms. The Kier molecular flexibility index (Phi) is 5.05. The second kappa shape index (κ2) is 6.59. The Morgan fingerprint density at radius 2 is 2.20 bits per heavy atom. The fraction of sp³-hybridized carbons (Fsp3) is 0.429. The van der Waals surface area contributed by atoms with Crippen LogP contribution in [0.1, 0.15) is 29.6 Å².